The lowest BCUT2D eigenvalue weighted by Gasteiger charge is -2.13. The van der Waals surface area contributed by atoms with E-state index in [2.05, 4.69) is 5.10 Å². The van der Waals surface area contributed by atoms with E-state index in [0.29, 0.717) is 6.10 Å². The first-order valence-corrected chi connectivity index (χ1v) is 6.66. The minimum atomic E-state index is -0.152. The van der Waals surface area contributed by atoms with E-state index >= 15 is 0 Å². The van der Waals surface area contributed by atoms with Crippen LogP contribution in [-0.2, 0) is 7.05 Å². The summed E-state index contributed by atoms with van der Waals surface area (Å²) in [5.74, 6) is 0.930. The predicted octanol–water partition coefficient (Wildman–Crippen LogP) is 2.32. The molecule has 100 valence electrons. The number of nitrogens with two attached hydrogens (primary N) is 1. The molecular formula is C15H19N3O. The zero-order chi connectivity index (χ0) is 13.4. The highest BCUT2D eigenvalue weighted by Crippen LogP contribution is 2.28. The van der Waals surface area contributed by atoms with Crippen molar-refractivity contribution >= 4 is 0 Å². The number of rotatable bonds is 4. The third-order valence-electron chi connectivity index (χ3n) is 3.42. The number of aromatic nitrogens is 2. The van der Waals surface area contributed by atoms with Crippen molar-refractivity contribution in [1.29, 1.82) is 0 Å². The Balaban J connectivity index is 1.78. The normalized spacial score (nSPS) is 16.4. The number of hydrogen-bond donors (Lipinski definition) is 1. The standard InChI is InChI=1S/C15H19N3O/c1-10-9-14(18(2)17-10)15(16)11-3-5-12(6-4-11)19-13-7-8-13/h3-6,9,13,15H,7-8,16H2,1-2H3. The van der Waals surface area contributed by atoms with Crippen molar-refractivity contribution in [3.05, 3.63) is 47.3 Å². The van der Waals surface area contributed by atoms with Crippen LogP contribution in [0.3, 0.4) is 0 Å². The van der Waals surface area contributed by atoms with Gasteiger partial charge in [-0.2, -0.15) is 5.10 Å². The zero-order valence-corrected chi connectivity index (χ0v) is 11.3. The van der Waals surface area contributed by atoms with Crippen LogP contribution < -0.4 is 10.5 Å². The van der Waals surface area contributed by atoms with E-state index in [1.165, 1.54) is 12.8 Å². The van der Waals surface area contributed by atoms with Crippen molar-refractivity contribution in [2.24, 2.45) is 12.8 Å². The van der Waals surface area contributed by atoms with Gasteiger partial charge in [-0.25, -0.2) is 0 Å². The van der Waals surface area contributed by atoms with E-state index in [1.54, 1.807) is 0 Å². The third-order valence-corrected chi connectivity index (χ3v) is 3.42. The molecule has 0 spiro atoms. The Bertz CT molecular complexity index is 570. The monoisotopic (exact) mass is 257 g/mol. The molecule has 1 saturated carbocycles. The van der Waals surface area contributed by atoms with Gasteiger partial charge in [0, 0.05) is 7.05 Å². The molecule has 2 aromatic rings. The molecule has 1 aliphatic carbocycles. The number of nitrogens with zero attached hydrogens (tertiary/aromatic N) is 2. The van der Waals surface area contributed by atoms with Crippen molar-refractivity contribution in [3.63, 3.8) is 0 Å². The van der Waals surface area contributed by atoms with Gasteiger partial charge in [0.15, 0.2) is 0 Å². The summed E-state index contributed by atoms with van der Waals surface area (Å²) >= 11 is 0. The highest BCUT2D eigenvalue weighted by atomic mass is 16.5. The average Bonchev–Trinajstić information content (AvgIpc) is 3.13. The second-order valence-electron chi connectivity index (χ2n) is 5.20. The van der Waals surface area contributed by atoms with E-state index in [1.807, 2.05) is 49.0 Å². The van der Waals surface area contributed by atoms with Crippen LogP contribution in [0.15, 0.2) is 30.3 Å². The molecule has 0 saturated heterocycles. The maximum Gasteiger partial charge on any atom is 0.119 e. The predicted molar refractivity (Wildman–Crippen MR) is 74.1 cm³/mol. The Labute approximate surface area is 113 Å². The van der Waals surface area contributed by atoms with E-state index in [0.717, 1.165) is 22.7 Å². The third kappa shape index (κ3) is 2.63. The largest absolute Gasteiger partial charge is 0.490 e. The molecule has 1 aromatic carbocycles. The molecule has 0 radical (unpaired) electrons. The molecular weight excluding hydrogens is 238 g/mol. The fourth-order valence-electron chi connectivity index (χ4n) is 2.22. The molecule has 0 bridgehead atoms. The van der Waals surface area contributed by atoms with Gasteiger partial charge < -0.3 is 10.5 Å². The first-order valence-electron chi connectivity index (χ1n) is 6.66. The molecule has 1 heterocycles. The van der Waals surface area contributed by atoms with Crippen molar-refractivity contribution < 1.29 is 4.74 Å². The van der Waals surface area contributed by atoms with Crippen LogP contribution in [0.4, 0.5) is 0 Å². The minimum absolute atomic E-state index is 0.152. The Kier molecular flexibility index (Phi) is 3.03. The van der Waals surface area contributed by atoms with Crippen molar-refractivity contribution in [3.8, 4) is 5.75 Å². The Morgan fingerprint density at radius 2 is 2.00 bits per heavy atom. The van der Waals surface area contributed by atoms with Crippen LogP contribution in [0.1, 0.15) is 35.8 Å². The molecule has 1 fully saturated rings. The maximum absolute atomic E-state index is 6.29. The van der Waals surface area contributed by atoms with Gasteiger partial charge in [-0.15, -0.1) is 0 Å². The first kappa shape index (κ1) is 12.2. The van der Waals surface area contributed by atoms with Crippen LogP contribution >= 0.6 is 0 Å². The summed E-state index contributed by atoms with van der Waals surface area (Å²) in [6, 6.07) is 9.93. The number of ether oxygens (including phenoxy) is 1. The molecule has 4 heteroatoms. The average molecular weight is 257 g/mol. The van der Waals surface area contributed by atoms with E-state index in [4.69, 9.17) is 10.5 Å². The molecule has 19 heavy (non-hydrogen) atoms. The number of hydrogen-bond acceptors (Lipinski definition) is 3. The summed E-state index contributed by atoms with van der Waals surface area (Å²) in [6.45, 7) is 1.97. The SMILES string of the molecule is Cc1cc(C(N)c2ccc(OC3CC3)cc2)n(C)n1. The van der Waals surface area contributed by atoms with Crippen LogP contribution in [0.25, 0.3) is 0 Å². The van der Waals surface area contributed by atoms with Crippen molar-refractivity contribution in [1.82, 2.24) is 9.78 Å². The highest BCUT2D eigenvalue weighted by Gasteiger charge is 2.23. The molecule has 1 aromatic heterocycles. The summed E-state index contributed by atoms with van der Waals surface area (Å²) in [6.07, 6.45) is 2.78. The van der Waals surface area contributed by atoms with Gasteiger partial charge in [0.1, 0.15) is 5.75 Å². The van der Waals surface area contributed by atoms with Gasteiger partial charge in [-0.05, 0) is 43.5 Å². The quantitative estimate of drug-likeness (QED) is 0.914. The van der Waals surface area contributed by atoms with E-state index in [9.17, 15) is 0 Å². The fraction of sp³-hybridized carbons (Fsp3) is 0.400. The summed E-state index contributed by atoms with van der Waals surface area (Å²) in [7, 11) is 1.92. The van der Waals surface area contributed by atoms with E-state index < -0.39 is 0 Å². The van der Waals surface area contributed by atoms with Crippen LogP contribution in [-0.4, -0.2) is 15.9 Å². The van der Waals surface area contributed by atoms with Gasteiger partial charge in [0.2, 0.25) is 0 Å². The molecule has 1 atom stereocenters. The summed E-state index contributed by atoms with van der Waals surface area (Å²) in [4.78, 5) is 0. The van der Waals surface area contributed by atoms with Crippen LogP contribution in [0.5, 0.6) is 5.75 Å². The molecule has 1 aliphatic rings. The second kappa shape index (κ2) is 4.70. The lowest BCUT2D eigenvalue weighted by molar-refractivity contribution is 0.303. The van der Waals surface area contributed by atoms with Crippen molar-refractivity contribution in [2.45, 2.75) is 31.9 Å². The first-order chi connectivity index (χ1) is 9.13. The Hall–Kier alpha value is -1.81. The number of aryl methyl sites for hydroxylation is 2. The summed E-state index contributed by atoms with van der Waals surface area (Å²) < 4.78 is 7.58. The minimum Gasteiger partial charge on any atom is -0.490 e. The smallest absolute Gasteiger partial charge is 0.119 e. The topological polar surface area (TPSA) is 53.1 Å². The number of benzene rings is 1. The van der Waals surface area contributed by atoms with Crippen LogP contribution in [0.2, 0.25) is 0 Å². The molecule has 0 amide bonds. The van der Waals surface area contributed by atoms with Gasteiger partial charge in [-0.3, -0.25) is 4.68 Å². The Morgan fingerprint density at radius 3 is 2.53 bits per heavy atom. The van der Waals surface area contributed by atoms with Gasteiger partial charge in [0.05, 0.1) is 23.5 Å². The maximum atomic E-state index is 6.29. The molecule has 3 rings (SSSR count). The zero-order valence-electron chi connectivity index (χ0n) is 11.3. The lowest BCUT2D eigenvalue weighted by Crippen LogP contribution is -2.15. The van der Waals surface area contributed by atoms with Crippen LogP contribution in [0, 0.1) is 6.92 Å². The van der Waals surface area contributed by atoms with Gasteiger partial charge in [0.25, 0.3) is 0 Å². The lowest BCUT2D eigenvalue weighted by atomic mass is 10.0. The molecule has 0 aliphatic heterocycles. The molecule has 4 nitrogen and oxygen atoms in total. The van der Waals surface area contributed by atoms with Crippen molar-refractivity contribution in [2.75, 3.05) is 0 Å². The second-order valence-corrected chi connectivity index (χ2v) is 5.20. The summed E-state index contributed by atoms with van der Waals surface area (Å²) in [5, 5.41) is 4.33. The molecule has 2 N–H and O–H groups in total. The Morgan fingerprint density at radius 1 is 1.32 bits per heavy atom. The van der Waals surface area contributed by atoms with Gasteiger partial charge in [-0.1, -0.05) is 12.1 Å². The van der Waals surface area contributed by atoms with Gasteiger partial charge >= 0.3 is 0 Å². The molecule has 1 unspecified atom stereocenters. The fourth-order valence-corrected chi connectivity index (χ4v) is 2.22. The highest BCUT2D eigenvalue weighted by molar-refractivity contribution is 5.33. The summed E-state index contributed by atoms with van der Waals surface area (Å²) in [5.41, 5.74) is 9.38. The van der Waals surface area contributed by atoms with E-state index in [-0.39, 0.29) is 6.04 Å².